The van der Waals surface area contributed by atoms with E-state index in [0.717, 1.165) is 36.4 Å². The van der Waals surface area contributed by atoms with Gasteiger partial charge in [0.05, 0.1) is 6.61 Å². The number of ketones is 1. The van der Waals surface area contributed by atoms with E-state index in [1.54, 1.807) is 18.2 Å². The van der Waals surface area contributed by atoms with Crippen LogP contribution in [0.15, 0.2) is 24.3 Å². The van der Waals surface area contributed by atoms with Gasteiger partial charge in [0.2, 0.25) is 0 Å². The zero-order valence-electron chi connectivity index (χ0n) is 14.2. The number of hydrogen-bond donors (Lipinski definition) is 1. The number of carbonyl (C=O) groups excluding carboxylic acids is 1. The third-order valence-corrected chi connectivity index (χ3v) is 5.00. The summed E-state index contributed by atoms with van der Waals surface area (Å²) >= 11 is 1.44. The van der Waals surface area contributed by atoms with E-state index in [-0.39, 0.29) is 6.29 Å². The normalized spacial score (nSPS) is 17.2. The molecule has 0 aliphatic carbocycles. The van der Waals surface area contributed by atoms with Crippen molar-refractivity contribution in [1.29, 1.82) is 0 Å². The highest BCUT2D eigenvalue weighted by atomic mass is 32.1. The zero-order valence-corrected chi connectivity index (χ0v) is 15.0. The number of aliphatic carboxylic acids is 1. The highest BCUT2D eigenvalue weighted by Gasteiger charge is 2.15. The van der Waals surface area contributed by atoms with Gasteiger partial charge in [0.15, 0.2) is 12.1 Å². The monoisotopic (exact) mass is 376 g/mol. The molecule has 1 fully saturated rings. The Balaban J connectivity index is 1.58. The van der Waals surface area contributed by atoms with Crippen molar-refractivity contribution in [3.8, 4) is 10.6 Å². The maximum Gasteiger partial charge on any atom is 0.311 e. The van der Waals surface area contributed by atoms with E-state index in [1.807, 2.05) is 6.07 Å². The molecule has 138 valence electrons. The summed E-state index contributed by atoms with van der Waals surface area (Å²) in [5.74, 6) is -1.56. The number of nitrogens with zero attached hydrogens (tertiary/aromatic N) is 2. The smallest absolute Gasteiger partial charge is 0.311 e. The van der Waals surface area contributed by atoms with Crippen LogP contribution in [0, 0.1) is 0 Å². The molecule has 0 amide bonds. The number of ether oxygens (including phenoxy) is 2. The summed E-state index contributed by atoms with van der Waals surface area (Å²) in [4.78, 5) is 22.6. The minimum atomic E-state index is -1.14. The fraction of sp³-hybridized carbons (Fsp3) is 0.444. The Kier molecular flexibility index (Phi) is 6.43. The molecule has 1 aromatic heterocycles. The first-order valence-electron chi connectivity index (χ1n) is 8.53. The van der Waals surface area contributed by atoms with E-state index in [4.69, 9.17) is 14.6 Å². The molecule has 2 heterocycles. The maximum atomic E-state index is 11.9. The second-order valence-corrected chi connectivity index (χ2v) is 7.05. The molecule has 2 aromatic rings. The van der Waals surface area contributed by atoms with Crippen LogP contribution in [-0.4, -0.2) is 46.6 Å². The molecule has 7 nitrogen and oxygen atoms in total. The number of aromatic nitrogens is 2. The van der Waals surface area contributed by atoms with Crippen molar-refractivity contribution in [3.63, 3.8) is 0 Å². The summed E-state index contributed by atoms with van der Waals surface area (Å²) in [6.45, 7) is 1.28. The molecule has 1 aliphatic heterocycles. The summed E-state index contributed by atoms with van der Waals surface area (Å²) < 4.78 is 11.2. The number of Topliss-reactive ketones (excluding diaryl/α,β-unsaturated/α-hetero) is 1. The Morgan fingerprint density at radius 3 is 2.96 bits per heavy atom. The van der Waals surface area contributed by atoms with Crippen LogP contribution in [0.1, 0.15) is 41.0 Å². The van der Waals surface area contributed by atoms with Gasteiger partial charge in [0, 0.05) is 24.2 Å². The predicted octanol–water partition coefficient (Wildman–Crippen LogP) is 2.95. The van der Waals surface area contributed by atoms with Crippen molar-refractivity contribution in [2.75, 3.05) is 13.2 Å². The second-order valence-electron chi connectivity index (χ2n) is 5.99. The lowest BCUT2D eigenvalue weighted by atomic mass is 10.1. The van der Waals surface area contributed by atoms with Crippen LogP contribution in [0.5, 0.6) is 0 Å². The molecule has 0 saturated carbocycles. The summed E-state index contributed by atoms with van der Waals surface area (Å²) in [6, 6.07) is 6.81. The first-order chi connectivity index (χ1) is 12.6. The molecule has 1 unspecified atom stereocenters. The van der Waals surface area contributed by atoms with Crippen LogP contribution in [0.4, 0.5) is 0 Å². The van der Waals surface area contributed by atoms with Gasteiger partial charge in [0.25, 0.3) is 0 Å². The molecule has 0 bridgehead atoms. The molecule has 26 heavy (non-hydrogen) atoms. The Morgan fingerprint density at radius 2 is 2.19 bits per heavy atom. The Hall–Kier alpha value is -2.16. The van der Waals surface area contributed by atoms with Gasteiger partial charge in [-0.2, -0.15) is 0 Å². The van der Waals surface area contributed by atoms with Crippen LogP contribution in [0.3, 0.4) is 0 Å². The van der Waals surface area contributed by atoms with Crippen LogP contribution in [-0.2, 0) is 20.7 Å². The predicted molar refractivity (Wildman–Crippen MR) is 95.2 cm³/mol. The van der Waals surface area contributed by atoms with Crippen LogP contribution >= 0.6 is 11.3 Å². The van der Waals surface area contributed by atoms with Crippen LogP contribution in [0.25, 0.3) is 10.6 Å². The Morgan fingerprint density at radius 1 is 1.31 bits per heavy atom. The van der Waals surface area contributed by atoms with Crippen molar-refractivity contribution >= 4 is 23.1 Å². The third-order valence-electron chi connectivity index (χ3n) is 3.97. The van der Waals surface area contributed by atoms with Crippen molar-refractivity contribution in [1.82, 2.24) is 10.2 Å². The largest absolute Gasteiger partial charge is 0.481 e. The van der Waals surface area contributed by atoms with Gasteiger partial charge in [-0.15, -0.1) is 10.2 Å². The number of benzene rings is 1. The molecule has 0 radical (unpaired) electrons. The number of carboxylic acid groups (broad SMARTS) is 1. The van der Waals surface area contributed by atoms with Gasteiger partial charge in [-0.25, -0.2) is 0 Å². The summed E-state index contributed by atoms with van der Waals surface area (Å²) in [7, 11) is 0. The standard InChI is InChI=1S/C18H20N2O5S/c21-14(11-16(22)23)12-4-3-5-13(10-12)18-20-19-15(26-18)7-9-25-17-6-1-2-8-24-17/h3-5,10,17H,1-2,6-9,11H2,(H,22,23). The lowest BCUT2D eigenvalue weighted by Crippen LogP contribution is -2.23. The highest BCUT2D eigenvalue weighted by Crippen LogP contribution is 2.25. The molecule has 1 saturated heterocycles. The van der Waals surface area contributed by atoms with E-state index < -0.39 is 18.2 Å². The zero-order chi connectivity index (χ0) is 18.4. The lowest BCUT2D eigenvalue weighted by molar-refractivity contribution is -0.161. The average molecular weight is 376 g/mol. The molecule has 3 rings (SSSR count). The Bertz CT molecular complexity index is 770. The van der Waals surface area contributed by atoms with Crippen LogP contribution < -0.4 is 0 Å². The van der Waals surface area contributed by atoms with Gasteiger partial charge in [-0.3, -0.25) is 9.59 Å². The fourth-order valence-corrected chi connectivity index (χ4v) is 3.47. The van der Waals surface area contributed by atoms with E-state index in [9.17, 15) is 9.59 Å². The quantitative estimate of drug-likeness (QED) is 0.558. The van der Waals surface area contributed by atoms with Gasteiger partial charge in [0.1, 0.15) is 16.4 Å². The molecule has 1 N–H and O–H groups in total. The molecule has 1 atom stereocenters. The van der Waals surface area contributed by atoms with Crippen molar-refractivity contribution in [2.45, 2.75) is 38.4 Å². The third kappa shape index (κ3) is 5.17. The Labute approximate surface area is 155 Å². The number of carboxylic acids is 1. The van der Waals surface area contributed by atoms with Crippen molar-refractivity contribution < 1.29 is 24.2 Å². The fourth-order valence-electron chi connectivity index (χ4n) is 2.66. The first kappa shape index (κ1) is 18.6. The SMILES string of the molecule is O=C(O)CC(=O)c1cccc(-c2nnc(CCOC3CCCCO3)s2)c1. The molecule has 8 heteroatoms. The second kappa shape index (κ2) is 8.98. The lowest BCUT2D eigenvalue weighted by Gasteiger charge is -2.22. The summed E-state index contributed by atoms with van der Waals surface area (Å²) in [5, 5.41) is 18.6. The van der Waals surface area contributed by atoms with Crippen LogP contribution in [0.2, 0.25) is 0 Å². The minimum Gasteiger partial charge on any atom is -0.481 e. The topological polar surface area (TPSA) is 98.6 Å². The first-order valence-corrected chi connectivity index (χ1v) is 9.34. The van der Waals surface area contributed by atoms with Crippen molar-refractivity contribution in [2.24, 2.45) is 0 Å². The van der Waals surface area contributed by atoms with E-state index >= 15 is 0 Å². The number of hydrogen-bond acceptors (Lipinski definition) is 7. The number of rotatable bonds is 8. The van der Waals surface area contributed by atoms with Crippen molar-refractivity contribution in [3.05, 3.63) is 34.8 Å². The number of carbonyl (C=O) groups is 2. The molecule has 1 aliphatic rings. The molecular weight excluding hydrogens is 356 g/mol. The summed E-state index contributed by atoms with van der Waals surface area (Å²) in [5.41, 5.74) is 1.11. The minimum absolute atomic E-state index is 0.118. The van der Waals surface area contributed by atoms with E-state index in [2.05, 4.69) is 10.2 Å². The van der Waals surface area contributed by atoms with Gasteiger partial charge in [-0.1, -0.05) is 29.5 Å². The highest BCUT2D eigenvalue weighted by molar-refractivity contribution is 7.14. The van der Waals surface area contributed by atoms with E-state index in [1.165, 1.54) is 11.3 Å². The maximum absolute atomic E-state index is 11.9. The van der Waals surface area contributed by atoms with Gasteiger partial charge < -0.3 is 14.6 Å². The molecule has 0 spiro atoms. The summed E-state index contributed by atoms with van der Waals surface area (Å²) in [6.07, 6.45) is 3.16. The van der Waals surface area contributed by atoms with Gasteiger partial charge in [-0.05, 0) is 25.3 Å². The van der Waals surface area contributed by atoms with E-state index in [0.29, 0.717) is 23.6 Å². The molecular formula is C18H20N2O5S. The molecule has 1 aromatic carbocycles. The van der Waals surface area contributed by atoms with Gasteiger partial charge >= 0.3 is 5.97 Å². The average Bonchev–Trinajstić information content (AvgIpc) is 3.11.